The molecule has 21 heavy (non-hydrogen) atoms. The zero-order valence-electron chi connectivity index (χ0n) is 12.2. The fourth-order valence-corrected chi connectivity index (χ4v) is 1.82. The molecule has 0 aliphatic rings. The fourth-order valence-electron chi connectivity index (χ4n) is 1.82. The SMILES string of the molecule is CN(C)CCCN(C)C(=O)c1ccc(F)c(C(F)(F)F)c1. The normalized spacial score (nSPS) is 11.8. The molecule has 0 radical (unpaired) electrons. The third-order valence-corrected chi connectivity index (χ3v) is 2.96. The molecule has 1 aromatic rings. The first-order valence-electron chi connectivity index (χ1n) is 6.40. The first-order chi connectivity index (χ1) is 9.62. The number of halogens is 4. The van der Waals surface area contributed by atoms with Crippen molar-refractivity contribution in [1.29, 1.82) is 0 Å². The zero-order chi connectivity index (χ0) is 16.2. The van der Waals surface area contributed by atoms with Crippen LogP contribution in [0.2, 0.25) is 0 Å². The van der Waals surface area contributed by atoms with Crippen LogP contribution in [0.5, 0.6) is 0 Å². The van der Waals surface area contributed by atoms with Gasteiger partial charge in [-0.25, -0.2) is 4.39 Å². The molecule has 0 bridgehead atoms. The van der Waals surface area contributed by atoms with Crippen molar-refractivity contribution in [3.63, 3.8) is 0 Å². The monoisotopic (exact) mass is 306 g/mol. The van der Waals surface area contributed by atoms with Gasteiger partial charge in [0, 0.05) is 19.2 Å². The van der Waals surface area contributed by atoms with Gasteiger partial charge in [-0.1, -0.05) is 0 Å². The molecule has 3 nitrogen and oxygen atoms in total. The van der Waals surface area contributed by atoms with Gasteiger partial charge >= 0.3 is 6.18 Å². The van der Waals surface area contributed by atoms with Crippen LogP contribution < -0.4 is 0 Å². The van der Waals surface area contributed by atoms with Crippen molar-refractivity contribution >= 4 is 5.91 Å². The average Bonchev–Trinajstić information content (AvgIpc) is 2.36. The summed E-state index contributed by atoms with van der Waals surface area (Å²) in [5.74, 6) is -1.94. The number of benzene rings is 1. The lowest BCUT2D eigenvalue weighted by Gasteiger charge is -2.19. The lowest BCUT2D eigenvalue weighted by Crippen LogP contribution is -2.30. The predicted molar refractivity (Wildman–Crippen MR) is 71.5 cm³/mol. The molecule has 0 atom stereocenters. The summed E-state index contributed by atoms with van der Waals surface area (Å²) in [6.45, 7) is 1.17. The number of hydrogen-bond donors (Lipinski definition) is 0. The van der Waals surface area contributed by atoms with E-state index in [9.17, 15) is 22.4 Å². The highest BCUT2D eigenvalue weighted by Gasteiger charge is 2.34. The number of carbonyl (C=O) groups excluding carboxylic acids is 1. The van der Waals surface area contributed by atoms with E-state index in [4.69, 9.17) is 0 Å². The van der Waals surface area contributed by atoms with Gasteiger partial charge in [-0.15, -0.1) is 0 Å². The molecule has 0 aliphatic carbocycles. The van der Waals surface area contributed by atoms with Gasteiger partial charge in [0.2, 0.25) is 0 Å². The van der Waals surface area contributed by atoms with Gasteiger partial charge in [0.05, 0.1) is 5.56 Å². The summed E-state index contributed by atoms with van der Waals surface area (Å²) in [5, 5.41) is 0. The van der Waals surface area contributed by atoms with E-state index in [0.717, 1.165) is 12.6 Å². The maximum absolute atomic E-state index is 13.2. The van der Waals surface area contributed by atoms with Gasteiger partial charge in [0.1, 0.15) is 5.82 Å². The maximum Gasteiger partial charge on any atom is 0.419 e. The van der Waals surface area contributed by atoms with Crippen LogP contribution in [0.25, 0.3) is 0 Å². The highest BCUT2D eigenvalue weighted by molar-refractivity contribution is 5.94. The smallest absolute Gasteiger partial charge is 0.342 e. The summed E-state index contributed by atoms with van der Waals surface area (Å²) in [7, 11) is 5.28. The maximum atomic E-state index is 13.2. The third kappa shape index (κ3) is 5.00. The average molecular weight is 306 g/mol. The number of rotatable bonds is 5. The predicted octanol–water partition coefficient (Wildman–Crippen LogP) is 2.87. The summed E-state index contributed by atoms with van der Waals surface area (Å²) in [6.07, 6.45) is -4.12. The topological polar surface area (TPSA) is 23.6 Å². The van der Waals surface area contributed by atoms with E-state index in [0.29, 0.717) is 25.1 Å². The van der Waals surface area contributed by atoms with Crippen LogP contribution in [0.4, 0.5) is 17.6 Å². The van der Waals surface area contributed by atoms with Crippen LogP contribution >= 0.6 is 0 Å². The second kappa shape index (κ2) is 6.89. The molecule has 7 heteroatoms. The number of hydrogen-bond acceptors (Lipinski definition) is 2. The molecule has 1 rings (SSSR count). The standard InChI is InChI=1S/C14H18F4N2O/c1-19(2)7-4-8-20(3)13(21)10-5-6-12(15)11(9-10)14(16,17)18/h5-6,9H,4,7-8H2,1-3H3. The van der Waals surface area contributed by atoms with Crippen molar-refractivity contribution in [3.8, 4) is 0 Å². The van der Waals surface area contributed by atoms with Crippen LogP contribution in [0.1, 0.15) is 22.3 Å². The summed E-state index contributed by atoms with van der Waals surface area (Å²) in [4.78, 5) is 15.3. The molecule has 0 saturated heterocycles. The molecule has 0 spiro atoms. The molecule has 0 aromatic heterocycles. The molecular formula is C14H18F4N2O. The summed E-state index contributed by atoms with van der Waals surface area (Å²) in [6, 6.07) is 2.29. The molecule has 0 heterocycles. The lowest BCUT2D eigenvalue weighted by molar-refractivity contribution is -0.140. The first-order valence-corrected chi connectivity index (χ1v) is 6.40. The molecule has 1 aromatic carbocycles. The molecular weight excluding hydrogens is 288 g/mol. The summed E-state index contributed by atoms with van der Waals surface area (Å²) in [5.41, 5.74) is -1.59. The molecule has 0 unspecified atom stereocenters. The molecule has 0 aliphatic heterocycles. The van der Waals surface area contributed by atoms with Gasteiger partial charge < -0.3 is 9.80 Å². The molecule has 0 fully saturated rings. The van der Waals surface area contributed by atoms with Gasteiger partial charge in [-0.2, -0.15) is 13.2 Å². The highest BCUT2D eigenvalue weighted by Crippen LogP contribution is 2.32. The highest BCUT2D eigenvalue weighted by atomic mass is 19.4. The van der Waals surface area contributed by atoms with E-state index in [1.54, 1.807) is 0 Å². The summed E-state index contributed by atoms with van der Waals surface area (Å²) >= 11 is 0. The van der Waals surface area contributed by atoms with Gasteiger partial charge in [0.15, 0.2) is 0 Å². The van der Waals surface area contributed by atoms with Crippen molar-refractivity contribution in [2.24, 2.45) is 0 Å². The van der Waals surface area contributed by atoms with Crippen molar-refractivity contribution in [3.05, 3.63) is 35.1 Å². The second-order valence-electron chi connectivity index (χ2n) is 5.08. The summed E-state index contributed by atoms with van der Waals surface area (Å²) < 4.78 is 51.0. The van der Waals surface area contributed by atoms with Crippen molar-refractivity contribution in [1.82, 2.24) is 9.80 Å². The molecule has 0 N–H and O–H groups in total. The molecule has 0 saturated carbocycles. The number of nitrogens with zero attached hydrogens (tertiary/aromatic N) is 2. The van der Waals surface area contributed by atoms with E-state index >= 15 is 0 Å². The Kier molecular flexibility index (Phi) is 5.71. The van der Waals surface area contributed by atoms with Gasteiger partial charge in [-0.05, 0) is 45.3 Å². The Morgan fingerprint density at radius 2 is 1.76 bits per heavy atom. The number of amides is 1. The minimum atomic E-state index is -4.82. The Morgan fingerprint density at radius 1 is 1.14 bits per heavy atom. The van der Waals surface area contributed by atoms with Crippen molar-refractivity contribution in [2.45, 2.75) is 12.6 Å². The van der Waals surface area contributed by atoms with Gasteiger partial charge in [-0.3, -0.25) is 4.79 Å². The van der Waals surface area contributed by atoms with E-state index < -0.39 is 23.5 Å². The van der Waals surface area contributed by atoms with Crippen LogP contribution in [0.15, 0.2) is 18.2 Å². The first kappa shape index (κ1) is 17.4. The van der Waals surface area contributed by atoms with Crippen molar-refractivity contribution in [2.75, 3.05) is 34.2 Å². The third-order valence-electron chi connectivity index (χ3n) is 2.96. The van der Waals surface area contributed by atoms with E-state index in [1.165, 1.54) is 11.9 Å². The van der Waals surface area contributed by atoms with Crippen LogP contribution in [0, 0.1) is 5.82 Å². The van der Waals surface area contributed by atoms with Crippen LogP contribution in [0.3, 0.4) is 0 Å². The molecule has 1 amide bonds. The Balaban J connectivity index is 2.83. The largest absolute Gasteiger partial charge is 0.419 e. The van der Waals surface area contributed by atoms with Crippen LogP contribution in [-0.2, 0) is 6.18 Å². The second-order valence-corrected chi connectivity index (χ2v) is 5.08. The molecule has 118 valence electrons. The Hall–Kier alpha value is -1.63. The minimum Gasteiger partial charge on any atom is -0.342 e. The lowest BCUT2D eigenvalue weighted by atomic mass is 10.1. The minimum absolute atomic E-state index is 0.170. The fraction of sp³-hybridized carbons (Fsp3) is 0.500. The Bertz CT molecular complexity index is 500. The zero-order valence-corrected chi connectivity index (χ0v) is 12.2. The van der Waals surface area contributed by atoms with Crippen LogP contribution in [-0.4, -0.2) is 49.9 Å². The Morgan fingerprint density at radius 3 is 2.29 bits per heavy atom. The van der Waals surface area contributed by atoms with E-state index in [-0.39, 0.29) is 5.56 Å². The number of carbonyl (C=O) groups is 1. The number of alkyl halides is 3. The Labute approximate surface area is 121 Å². The van der Waals surface area contributed by atoms with E-state index in [1.807, 2.05) is 19.0 Å². The van der Waals surface area contributed by atoms with Gasteiger partial charge in [0.25, 0.3) is 5.91 Å². The quantitative estimate of drug-likeness (QED) is 0.781. The van der Waals surface area contributed by atoms with E-state index in [2.05, 4.69) is 0 Å². The van der Waals surface area contributed by atoms with Crippen molar-refractivity contribution < 1.29 is 22.4 Å².